The number of nitrogens with zero attached hydrogens (tertiary/aromatic N) is 5. The minimum atomic E-state index is -0.255. The number of aromatic nitrogens is 5. The van der Waals surface area contributed by atoms with Gasteiger partial charge in [-0.25, -0.2) is 14.5 Å². The Morgan fingerprint density at radius 3 is 2.83 bits per heavy atom. The lowest BCUT2D eigenvalue weighted by molar-refractivity contribution is 0.459. The Kier molecular flexibility index (Phi) is 3.55. The fourth-order valence-corrected chi connectivity index (χ4v) is 1.70. The maximum absolute atomic E-state index is 11.7. The molecule has 0 fully saturated rings. The second-order valence-corrected chi connectivity index (χ2v) is 4.73. The predicted octanol–water partition coefficient (Wildman–Crippen LogP) is 0.848. The van der Waals surface area contributed by atoms with Crippen LogP contribution in [0.3, 0.4) is 0 Å². The molecule has 0 unspecified atom stereocenters. The molecule has 0 bridgehead atoms. The molecule has 0 atom stereocenters. The first-order valence-electron chi connectivity index (χ1n) is 5.97. The van der Waals surface area contributed by atoms with Gasteiger partial charge in [0.25, 0.3) is 0 Å². The van der Waals surface area contributed by atoms with Gasteiger partial charge >= 0.3 is 5.69 Å². The van der Waals surface area contributed by atoms with Gasteiger partial charge in [0.15, 0.2) is 0 Å². The van der Waals surface area contributed by atoms with Crippen LogP contribution in [-0.4, -0.2) is 24.3 Å². The Labute approximate surface area is 105 Å². The number of hydrogen-bond acceptors (Lipinski definition) is 4. The van der Waals surface area contributed by atoms with Crippen LogP contribution in [-0.2, 0) is 13.1 Å². The highest BCUT2D eigenvalue weighted by Crippen LogP contribution is 2.02. The van der Waals surface area contributed by atoms with E-state index in [1.165, 1.54) is 10.9 Å². The van der Waals surface area contributed by atoms with Crippen molar-refractivity contribution in [3.63, 3.8) is 0 Å². The van der Waals surface area contributed by atoms with E-state index in [4.69, 9.17) is 0 Å². The number of rotatable bonds is 4. The Bertz CT molecular complexity index is 584. The third-order valence-corrected chi connectivity index (χ3v) is 2.56. The van der Waals surface area contributed by atoms with Crippen LogP contribution in [0.4, 0.5) is 0 Å². The summed E-state index contributed by atoms with van der Waals surface area (Å²) in [6.07, 6.45) is 3.25. The van der Waals surface area contributed by atoms with Crippen LogP contribution >= 0.6 is 0 Å². The lowest BCUT2D eigenvalue weighted by Gasteiger charge is -2.09. The molecule has 0 radical (unpaired) electrons. The first-order chi connectivity index (χ1) is 8.56. The van der Waals surface area contributed by atoms with Crippen LogP contribution < -0.4 is 5.69 Å². The van der Waals surface area contributed by atoms with Crippen molar-refractivity contribution >= 4 is 0 Å². The molecule has 2 aromatic rings. The topological polar surface area (TPSA) is 65.6 Å². The predicted molar refractivity (Wildman–Crippen MR) is 67.2 cm³/mol. The van der Waals surface area contributed by atoms with Crippen LogP contribution in [0.1, 0.15) is 25.4 Å². The Balaban J connectivity index is 2.23. The van der Waals surface area contributed by atoms with Gasteiger partial charge in [-0.2, -0.15) is 10.1 Å². The highest BCUT2D eigenvalue weighted by molar-refractivity contribution is 4.97. The molecule has 0 saturated carbocycles. The molecular weight excluding hydrogens is 230 g/mol. The summed E-state index contributed by atoms with van der Waals surface area (Å²) >= 11 is 0. The summed E-state index contributed by atoms with van der Waals surface area (Å²) in [7, 11) is 0. The third-order valence-electron chi connectivity index (χ3n) is 2.56. The Morgan fingerprint density at radius 1 is 1.39 bits per heavy atom. The standard InChI is InChI=1S/C12H17N5O/c1-9(2)6-17-11(13-8-14-17)7-16-5-4-10(3)15-12(16)18/h4-5,8-9H,6-7H2,1-3H3. The molecule has 0 aromatic carbocycles. The van der Waals surface area contributed by atoms with E-state index in [1.807, 2.05) is 10.7 Å². The van der Waals surface area contributed by atoms with E-state index in [0.717, 1.165) is 18.1 Å². The molecule has 0 aliphatic rings. The maximum Gasteiger partial charge on any atom is 0.348 e. The maximum atomic E-state index is 11.7. The van der Waals surface area contributed by atoms with Crippen molar-refractivity contribution in [2.45, 2.75) is 33.9 Å². The molecule has 0 spiro atoms. The van der Waals surface area contributed by atoms with Crippen LogP contribution in [0.15, 0.2) is 23.4 Å². The van der Waals surface area contributed by atoms with Crippen LogP contribution in [0, 0.1) is 12.8 Å². The van der Waals surface area contributed by atoms with E-state index < -0.39 is 0 Å². The van der Waals surface area contributed by atoms with Gasteiger partial charge in [0.05, 0.1) is 6.54 Å². The van der Waals surface area contributed by atoms with E-state index in [-0.39, 0.29) is 5.69 Å². The van der Waals surface area contributed by atoms with Gasteiger partial charge in [0, 0.05) is 18.4 Å². The average molecular weight is 247 g/mol. The van der Waals surface area contributed by atoms with E-state index in [0.29, 0.717) is 12.5 Å². The monoisotopic (exact) mass is 247 g/mol. The van der Waals surface area contributed by atoms with E-state index in [9.17, 15) is 4.79 Å². The van der Waals surface area contributed by atoms with Gasteiger partial charge in [0.2, 0.25) is 0 Å². The molecule has 6 heteroatoms. The van der Waals surface area contributed by atoms with Gasteiger partial charge in [-0.15, -0.1) is 0 Å². The van der Waals surface area contributed by atoms with Crippen molar-refractivity contribution in [1.82, 2.24) is 24.3 Å². The van der Waals surface area contributed by atoms with E-state index in [2.05, 4.69) is 28.9 Å². The second-order valence-electron chi connectivity index (χ2n) is 4.73. The van der Waals surface area contributed by atoms with Gasteiger partial charge in [-0.3, -0.25) is 4.57 Å². The van der Waals surface area contributed by atoms with Gasteiger partial charge in [0.1, 0.15) is 12.2 Å². The molecule has 0 aliphatic heterocycles. The molecule has 2 aromatic heterocycles. The molecule has 2 rings (SSSR count). The molecule has 6 nitrogen and oxygen atoms in total. The van der Waals surface area contributed by atoms with Crippen LogP contribution in [0.5, 0.6) is 0 Å². The first kappa shape index (κ1) is 12.5. The van der Waals surface area contributed by atoms with Crippen molar-refractivity contribution in [3.05, 3.63) is 40.6 Å². The zero-order valence-electron chi connectivity index (χ0n) is 10.9. The van der Waals surface area contributed by atoms with Crippen molar-refractivity contribution in [2.75, 3.05) is 0 Å². The van der Waals surface area contributed by atoms with Crippen molar-refractivity contribution in [3.8, 4) is 0 Å². The molecule has 0 N–H and O–H groups in total. The van der Waals surface area contributed by atoms with Crippen molar-refractivity contribution in [2.24, 2.45) is 5.92 Å². The molecule has 0 amide bonds. The molecular formula is C12H17N5O. The lowest BCUT2D eigenvalue weighted by atomic mass is 10.2. The minimum Gasteiger partial charge on any atom is -0.292 e. The van der Waals surface area contributed by atoms with Crippen LogP contribution in [0.25, 0.3) is 0 Å². The largest absolute Gasteiger partial charge is 0.348 e. The quantitative estimate of drug-likeness (QED) is 0.803. The summed E-state index contributed by atoms with van der Waals surface area (Å²) in [6.45, 7) is 7.23. The van der Waals surface area contributed by atoms with Crippen molar-refractivity contribution < 1.29 is 0 Å². The smallest absolute Gasteiger partial charge is 0.292 e. The summed E-state index contributed by atoms with van der Waals surface area (Å²) in [5.74, 6) is 1.26. The highest BCUT2D eigenvalue weighted by Gasteiger charge is 2.08. The summed E-state index contributed by atoms with van der Waals surface area (Å²) in [5.41, 5.74) is 0.467. The van der Waals surface area contributed by atoms with E-state index >= 15 is 0 Å². The van der Waals surface area contributed by atoms with Crippen LogP contribution in [0.2, 0.25) is 0 Å². The van der Waals surface area contributed by atoms with E-state index in [1.54, 1.807) is 13.1 Å². The summed E-state index contributed by atoms with van der Waals surface area (Å²) in [6, 6.07) is 1.81. The van der Waals surface area contributed by atoms with Gasteiger partial charge in [-0.05, 0) is 18.9 Å². The number of hydrogen-bond donors (Lipinski definition) is 0. The molecule has 0 aliphatic carbocycles. The van der Waals surface area contributed by atoms with Gasteiger partial charge < -0.3 is 0 Å². The summed E-state index contributed by atoms with van der Waals surface area (Å²) in [4.78, 5) is 19.8. The molecule has 0 saturated heterocycles. The van der Waals surface area contributed by atoms with Crippen molar-refractivity contribution in [1.29, 1.82) is 0 Å². The fourth-order valence-electron chi connectivity index (χ4n) is 1.70. The zero-order chi connectivity index (χ0) is 13.1. The second kappa shape index (κ2) is 5.12. The SMILES string of the molecule is Cc1ccn(Cc2ncnn2CC(C)C)c(=O)n1. The molecule has 2 heterocycles. The fraction of sp³-hybridized carbons (Fsp3) is 0.500. The zero-order valence-corrected chi connectivity index (χ0v) is 10.9. The third kappa shape index (κ3) is 2.82. The highest BCUT2D eigenvalue weighted by atomic mass is 16.1. The van der Waals surface area contributed by atoms with Gasteiger partial charge in [-0.1, -0.05) is 13.8 Å². The average Bonchev–Trinajstić information content (AvgIpc) is 2.69. The Morgan fingerprint density at radius 2 is 2.17 bits per heavy atom. The molecule has 18 heavy (non-hydrogen) atoms. The normalized spacial score (nSPS) is 11.1. The lowest BCUT2D eigenvalue weighted by Crippen LogP contribution is -2.25. The number of aryl methyl sites for hydroxylation is 1. The molecule has 96 valence electrons. The Hall–Kier alpha value is -1.98. The summed E-state index contributed by atoms with van der Waals surface area (Å²) < 4.78 is 3.37. The summed E-state index contributed by atoms with van der Waals surface area (Å²) in [5, 5.41) is 4.17. The minimum absolute atomic E-state index is 0.255. The first-order valence-corrected chi connectivity index (χ1v) is 5.97.